The number of imidazole rings is 1. The molecule has 15 heavy (non-hydrogen) atoms. The van der Waals surface area contributed by atoms with Gasteiger partial charge in [-0.2, -0.15) is 0 Å². The molecule has 0 aliphatic carbocycles. The lowest BCUT2D eigenvalue weighted by atomic mass is 10.2. The highest BCUT2D eigenvalue weighted by molar-refractivity contribution is 5.29. The fourth-order valence-corrected chi connectivity index (χ4v) is 1.45. The number of nitrogens with zero attached hydrogens (tertiary/aromatic N) is 2. The molecule has 2 N–H and O–H groups in total. The number of nitrogen functional groups attached to an aromatic ring is 1. The lowest BCUT2D eigenvalue weighted by Crippen LogP contribution is -1.96. The number of nitrogens with two attached hydrogens (primary N) is 1. The minimum absolute atomic E-state index is 0.540. The van der Waals surface area contributed by atoms with Crippen LogP contribution < -0.4 is 10.5 Å². The first-order chi connectivity index (χ1) is 7.28. The lowest BCUT2D eigenvalue weighted by molar-refractivity contribution is 0.414. The fraction of sp³-hybridized carbons (Fsp3) is 0.182. The molecule has 0 aliphatic heterocycles. The van der Waals surface area contributed by atoms with Crippen molar-refractivity contribution in [3.8, 4) is 5.75 Å². The van der Waals surface area contributed by atoms with Crippen molar-refractivity contribution in [2.24, 2.45) is 0 Å². The van der Waals surface area contributed by atoms with E-state index in [9.17, 15) is 0 Å². The second kappa shape index (κ2) is 4.04. The highest BCUT2D eigenvalue weighted by atomic mass is 16.5. The van der Waals surface area contributed by atoms with E-state index in [0.717, 1.165) is 17.9 Å². The zero-order chi connectivity index (χ0) is 10.7. The van der Waals surface area contributed by atoms with Gasteiger partial charge in [-0.15, -0.1) is 0 Å². The molecule has 78 valence electrons. The van der Waals surface area contributed by atoms with Crippen LogP contribution in [0.15, 0.2) is 36.8 Å². The normalized spacial score (nSPS) is 10.2. The summed E-state index contributed by atoms with van der Waals surface area (Å²) < 4.78 is 7.08. The summed E-state index contributed by atoms with van der Waals surface area (Å²) in [7, 11) is 1.66. The molecule has 0 fully saturated rings. The molecule has 0 amide bonds. The van der Waals surface area contributed by atoms with Gasteiger partial charge in [-0.05, 0) is 17.7 Å². The summed E-state index contributed by atoms with van der Waals surface area (Å²) in [4.78, 5) is 3.96. The number of methoxy groups -OCH3 is 1. The average Bonchev–Trinajstić information content (AvgIpc) is 2.64. The summed E-state index contributed by atoms with van der Waals surface area (Å²) in [6, 6.07) is 7.93. The molecule has 0 radical (unpaired) electrons. The molecule has 0 saturated heterocycles. The Labute approximate surface area is 88.3 Å². The molecule has 4 nitrogen and oxygen atoms in total. The third-order valence-corrected chi connectivity index (χ3v) is 2.15. The van der Waals surface area contributed by atoms with Gasteiger partial charge < -0.3 is 15.0 Å². The Balaban J connectivity index is 2.16. The number of anilines is 1. The van der Waals surface area contributed by atoms with E-state index >= 15 is 0 Å². The summed E-state index contributed by atoms with van der Waals surface area (Å²) in [5, 5.41) is 0. The molecule has 0 aliphatic rings. The summed E-state index contributed by atoms with van der Waals surface area (Å²) in [6.07, 6.45) is 3.52. The number of benzene rings is 1. The molecule has 1 aromatic heterocycles. The molecule has 1 heterocycles. The Morgan fingerprint density at radius 2 is 2.33 bits per heavy atom. The van der Waals surface area contributed by atoms with Crippen molar-refractivity contribution < 1.29 is 4.74 Å². The van der Waals surface area contributed by atoms with Gasteiger partial charge in [0.15, 0.2) is 0 Å². The van der Waals surface area contributed by atoms with Gasteiger partial charge >= 0.3 is 0 Å². The molecule has 0 atom stereocenters. The van der Waals surface area contributed by atoms with Gasteiger partial charge in [0.1, 0.15) is 11.6 Å². The summed E-state index contributed by atoms with van der Waals surface area (Å²) >= 11 is 0. The van der Waals surface area contributed by atoms with Crippen LogP contribution in [0.1, 0.15) is 5.56 Å². The van der Waals surface area contributed by atoms with E-state index in [1.54, 1.807) is 19.6 Å². The Morgan fingerprint density at radius 3 is 3.00 bits per heavy atom. The van der Waals surface area contributed by atoms with E-state index in [2.05, 4.69) is 4.98 Å². The van der Waals surface area contributed by atoms with Crippen molar-refractivity contribution in [2.75, 3.05) is 12.8 Å². The second-order valence-electron chi connectivity index (χ2n) is 3.32. The minimum Gasteiger partial charge on any atom is -0.497 e. The second-order valence-corrected chi connectivity index (χ2v) is 3.32. The third-order valence-electron chi connectivity index (χ3n) is 2.15. The average molecular weight is 203 g/mol. The Kier molecular flexibility index (Phi) is 2.58. The molecule has 1 aromatic carbocycles. The molecular formula is C11H13N3O. The van der Waals surface area contributed by atoms with Crippen molar-refractivity contribution in [3.63, 3.8) is 0 Å². The predicted molar refractivity (Wildman–Crippen MR) is 58.7 cm³/mol. The van der Waals surface area contributed by atoms with E-state index in [1.807, 2.05) is 28.8 Å². The zero-order valence-corrected chi connectivity index (χ0v) is 8.55. The third kappa shape index (κ3) is 2.28. The maximum absolute atomic E-state index is 5.53. The molecule has 0 unspecified atom stereocenters. The fourth-order valence-electron chi connectivity index (χ4n) is 1.45. The highest BCUT2D eigenvalue weighted by Crippen LogP contribution is 2.13. The first-order valence-electron chi connectivity index (χ1n) is 4.68. The maximum atomic E-state index is 5.53. The molecule has 2 rings (SSSR count). The van der Waals surface area contributed by atoms with E-state index < -0.39 is 0 Å². The Morgan fingerprint density at radius 1 is 1.47 bits per heavy atom. The number of aromatic nitrogens is 2. The van der Waals surface area contributed by atoms with Gasteiger partial charge in [0.05, 0.1) is 13.4 Å². The Hall–Kier alpha value is -1.97. The Bertz CT molecular complexity index is 451. The van der Waals surface area contributed by atoms with Crippen LogP contribution in [0.5, 0.6) is 5.75 Å². The van der Waals surface area contributed by atoms with Crippen LogP contribution in [0.4, 0.5) is 5.82 Å². The van der Waals surface area contributed by atoms with Crippen LogP contribution in [0, 0.1) is 0 Å². The van der Waals surface area contributed by atoms with E-state index in [0.29, 0.717) is 5.82 Å². The summed E-state index contributed by atoms with van der Waals surface area (Å²) in [6.45, 7) is 0.751. The topological polar surface area (TPSA) is 53.1 Å². The van der Waals surface area contributed by atoms with Gasteiger partial charge in [-0.3, -0.25) is 0 Å². The zero-order valence-electron chi connectivity index (χ0n) is 8.55. The molecule has 0 bridgehead atoms. The molecule has 0 saturated carbocycles. The van der Waals surface area contributed by atoms with Gasteiger partial charge in [0, 0.05) is 12.7 Å². The van der Waals surface area contributed by atoms with Crippen LogP contribution in [0.3, 0.4) is 0 Å². The monoisotopic (exact) mass is 203 g/mol. The summed E-state index contributed by atoms with van der Waals surface area (Å²) in [5.74, 6) is 1.40. The number of hydrogen-bond donors (Lipinski definition) is 1. The van der Waals surface area contributed by atoms with Crippen LogP contribution >= 0.6 is 0 Å². The van der Waals surface area contributed by atoms with Crippen LogP contribution in [-0.4, -0.2) is 16.7 Å². The van der Waals surface area contributed by atoms with Crippen molar-refractivity contribution in [3.05, 3.63) is 42.4 Å². The van der Waals surface area contributed by atoms with Crippen LogP contribution in [-0.2, 0) is 6.54 Å². The number of rotatable bonds is 3. The largest absolute Gasteiger partial charge is 0.497 e. The maximum Gasteiger partial charge on any atom is 0.141 e. The summed E-state index contributed by atoms with van der Waals surface area (Å²) in [5.41, 5.74) is 6.69. The van der Waals surface area contributed by atoms with Crippen LogP contribution in [0.25, 0.3) is 0 Å². The van der Waals surface area contributed by atoms with Gasteiger partial charge in [-0.1, -0.05) is 12.1 Å². The molecule has 4 heteroatoms. The highest BCUT2D eigenvalue weighted by Gasteiger charge is 1.98. The first-order valence-corrected chi connectivity index (χ1v) is 4.68. The molecule has 2 aromatic rings. The van der Waals surface area contributed by atoms with E-state index in [1.165, 1.54) is 0 Å². The first kappa shape index (κ1) is 9.58. The van der Waals surface area contributed by atoms with Crippen molar-refractivity contribution in [1.29, 1.82) is 0 Å². The number of hydrogen-bond acceptors (Lipinski definition) is 3. The molecule has 0 spiro atoms. The van der Waals surface area contributed by atoms with E-state index in [4.69, 9.17) is 10.5 Å². The van der Waals surface area contributed by atoms with Crippen molar-refractivity contribution in [1.82, 2.24) is 9.55 Å². The smallest absolute Gasteiger partial charge is 0.141 e. The van der Waals surface area contributed by atoms with Crippen molar-refractivity contribution in [2.45, 2.75) is 6.54 Å². The van der Waals surface area contributed by atoms with E-state index in [-0.39, 0.29) is 0 Å². The van der Waals surface area contributed by atoms with Crippen molar-refractivity contribution >= 4 is 5.82 Å². The quantitative estimate of drug-likeness (QED) is 0.822. The lowest BCUT2D eigenvalue weighted by Gasteiger charge is -2.04. The minimum atomic E-state index is 0.540. The SMILES string of the molecule is COc1cccc(Cn2cnc(N)c2)c1. The molecular weight excluding hydrogens is 190 g/mol. The predicted octanol–water partition coefficient (Wildman–Crippen LogP) is 1.52. The standard InChI is InChI=1S/C11H13N3O/c1-15-10-4-2-3-9(5-10)6-14-7-11(12)13-8-14/h2-5,7-8H,6,12H2,1H3. The number of ether oxygens (including phenoxy) is 1. The van der Waals surface area contributed by atoms with Crippen LogP contribution in [0.2, 0.25) is 0 Å². The van der Waals surface area contributed by atoms with Gasteiger partial charge in [0.2, 0.25) is 0 Å². The van der Waals surface area contributed by atoms with Gasteiger partial charge in [0.25, 0.3) is 0 Å². The van der Waals surface area contributed by atoms with Gasteiger partial charge in [-0.25, -0.2) is 4.98 Å².